The van der Waals surface area contributed by atoms with Gasteiger partial charge in [0.15, 0.2) is 5.78 Å². The number of halogens is 1. The molecule has 1 saturated heterocycles. The van der Waals surface area contributed by atoms with Crippen LogP contribution in [0.15, 0.2) is 12.2 Å². The standard InChI is InChI=1S/C16H21FO5/c1-5-16(17)9(2)15(4,21-10(3)18)14(22-16)12-7-6-11(19)8-13(12)20/h6-7,9,12,14H,5,8H2,1-4H3/t9-,12?,14-,15+,16+/m0/s1. The Morgan fingerprint density at radius 2 is 2.14 bits per heavy atom. The van der Waals surface area contributed by atoms with Crippen molar-refractivity contribution in [3.8, 4) is 0 Å². The van der Waals surface area contributed by atoms with E-state index in [0.29, 0.717) is 0 Å². The molecule has 0 spiro atoms. The molecule has 1 unspecified atom stereocenters. The number of carbonyl (C=O) groups is 3. The fourth-order valence-electron chi connectivity index (χ4n) is 3.32. The lowest BCUT2D eigenvalue weighted by molar-refractivity contribution is -0.174. The van der Waals surface area contributed by atoms with E-state index in [1.165, 1.54) is 19.1 Å². The minimum Gasteiger partial charge on any atom is -0.456 e. The molecule has 2 aliphatic rings. The van der Waals surface area contributed by atoms with Crippen LogP contribution in [-0.2, 0) is 23.9 Å². The van der Waals surface area contributed by atoms with Crippen LogP contribution in [0.3, 0.4) is 0 Å². The van der Waals surface area contributed by atoms with Crippen molar-refractivity contribution in [2.75, 3.05) is 0 Å². The number of ether oxygens (including phenoxy) is 2. The van der Waals surface area contributed by atoms with E-state index in [1.807, 2.05) is 0 Å². The Kier molecular flexibility index (Phi) is 4.26. The zero-order valence-corrected chi connectivity index (χ0v) is 13.2. The van der Waals surface area contributed by atoms with Gasteiger partial charge < -0.3 is 9.47 Å². The predicted octanol–water partition coefficient (Wildman–Crippen LogP) is 2.13. The van der Waals surface area contributed by atoms with Crippen LogP contribution >= 0.6 is 0 Å². The molecule has 5 atom stereocenters. The molecule has 22 heavy (non-hydrogen) atoms. The monoisotopic (exact) mass is 312 g/mol. The third kappa shape index (κ3) is 2.60. The number of ketones is 2. The number of carbonyl (C=O) groups excluding carboxylic acids is 3. The number of esters is 1. The molecule has 0 aromatic heterocycles. The van der Waals surface area contributed by atoms with E-state index < -0.39 is 35.4 Å². The van der Waals surface area contributed by atoms with E-state index in [4.69, 9.17) is 9.47 Å². The quantitative estimate of drug-likeness (QED) is 0.590. The molecule has 1 heterocycles. The highest BCUT2D eigenvalue weighted by Crippen LogP contribution is 2.51. The van der Waals surface area contributed by atoms with Gasteiger partial charge in [0, 0.05) is 13.3 Å². The molecule has 1 fully saturated rings. The van der Waals surface area contributed by atoms with E-state index >= 15 is 0 Å². The van der Waals surface area contributed by atoms with Crippen LogP contribution in [0.2, 0.25) is 0 Å². The van der Waals surface area contributed by atoms with Crippen LogP contribution in [0.4, 0.5) is 4.39 Å². The molecule has 5 nitrogen and oxygen atoms in total. The van der Waals surface area contributed by atoms with Crippen molar-refractivity contribution in [3.05, 3.63) is 12.2 Å². The highest BCUT2D eigenvalue weighted by Gasteiger charge is 2.64. The highest BCUT2D eigenvalue weighted by atomic mass is 19.2. The van der Waals surface area contributed by atoms with Crippen LogP contribution in [0.25, 0.3) is 0 Å². The average molecular weight is 312 g/mol. The Hall–Kier alpha value is -1.56. The van der Waals surface area contributed by atoms with Crippen LogP contribution < -0.4 is 0 Å². The third-order valence-corrected chi connectivity index (χ3v) is 4.78. The van der Waals surface area contributed by atoms with E-state index in [-0.39, 0.29) is 24.4 Å². The molecule has 1 aliphatic carbocycles. The van der Waals surface area contributed by atoms with Crippen LogP contribution in [0, 0.1) is 11.8 Å². The first-order valence-electron chi connectivity index (χ1n) is 7.44. The van der Waals surface area contributed by atoms with Gasteiger partial charge in [-0.1, -0.05) is 19.9 Å². The maximum absolute atomic E-state index is 15.0. The van der Waals surface area contributed by atoms with Crippen molar-refractivity contribution in [1.29, 1.82) is 0 Å². The molecule has 0 aromatic rings. The summed E-state index contributed by atoms with van der Waals surface area (Å²) < 4.78 is 25.9. The van der Waals surface area contributed by atoms with Crippen molar-refractivity contribution >= 4 is 17.5 Å². The van der Waals surface area contributed by atoms with Gasteiger partial charge >= 0.3 is 5.97 Å². The maximum Gasteiger partial charge on any atom is 0.303 e. The number of Topliss-reactive ketones (excluding diaryl/α,β-unsaturated/α-hetero) is 1. The van der Waals surface area contributed by atoms with Gasteiger partial charge in [0.05, 0.1) is 18.3 Å². The van der Waals surface area contributed by atoms with Gasteiger partial charge in [-0.05, 0) is 13.0 Å². The first-order valence-corrected chi connectivity index (χ1v) is 7.44. The second-order valence-corrected chi connectivity index (χ2v) is 6.17. The lowest BCUT2D eigenvalue weighted by Crippen LogP contribution is -2.50. The zero-order chi connectivity index (χ0) is 16.7. The summed E-state index contributed by atoms with van der Waals surface area (Å²) >= 11 is 0. The first kappa shape index (κ1) is 16.8. The molecule has 1 aliphatic heterocycles. The highest BCUT2D eigenvalue weighted by molar-refractivity contribution is 6.08. The van der Waals surface area contributed by atoms with Crippen LogP contribution in [-0.4, -0.2) is 35.1 Å². The summed E-state index contributed by atoms with van der Waals surface area (Å²) in [6.45, 7) is 6.06. The zero-order valence-electron chi connectivity index (χ0n) is 13.2. The molecule has 0 N–H and O–H groups in total. The lowest BCUT2D eigenvalue weighted by Gasteiger charge is -2.35. The van der Waals surface area contributed by atoms with Crippen molar-refractivity contribution in [2.45, 2.75) is 58.1 Å². The van der Waals surface area contributed by atoms with Gasteiger partial charge in [-0.3, -0.25) is 14.4 Å². The van der Waals surface area contributed by atoms with E-state index in [9.17, 15) is 18.8 Å². The molecule has 122 valence electrons. The molecule has 6 heteroatoms. The van der Waals surface area contributed by atoms with Gasteiger partial charge in [-0.15, -0.1) is 0 Å². The summed E-state index contributed by atoms with van der Waals surface area (Å²) in [7, 11) is 0. The maximum atomic E-state index is 15.0. The minimum absolute atomic E-state index is 0.0745. The molecule has 0 bridgehead atoms. The van der Waals surface area contributed by atoms with E-state index in [1.54, 1.807) is 20.8 Å². The Bertz CT molecular complexity index is 543. The van der Waals surface area contributed by atoms with Gasteiger partial charge in [0.1, 0.15) is 17.5 Å². The van der Waals surface area contributed by atoms with Crippen molar-refractivity contribution in [3.63, 3.8) is 0 Å². The second-order valence-electron chi connectivity index (χ2n) is 6.17. The molecular weight excluding hydrogens is 291 g/mol. The lowest BCUT2D eigenvalue weighted by atomic mass is 9.76. The number of hydrogen-bond donors (Lipinski definition) is 0. The molecule has 0 aromatic carbocycles. The molecule has 0 amide bonds. The van der Waals surface area contributed by atoms with Gasteiger partial charge in [0.2, 0.25) is 5.85 Å². The average Bonchev–Trinajstić information content (AvgIpc) is 2.61. The Morgan fingerprint density at radius 1 is 1.50 bits per heavy atom. The van der Waals surface area contributed by atoms with Gasteiger partial charge in [-0.2, -0.15) is 0 Å². The SMILES string of the molecule is CC[C@@]1(F)O[C@@H](C2C=CC(=O)CC2=O)[C@](C)(OC(C)=O)[C@@H]1C. The van der Waals surface area contributed by atoms with E-state index in [2.05, 4.69) is 0 Å². The molecule has 2 rings (SSSR count). The topological polar surface area (TPSA) is 69.7 Å². The summed E-state index contributed by atoms with van der Waals surface area (Å²) in [5, 5.41) is 0. The molecule has 0 radical (unpaired) electrons. The molecule has 0 saturated carbocycles. The number of allylic oxidation sites excluding steroid dienone is 1. The fourth-order valence-corrected chi connectivity index (χ4v) is 3.32. The summed E-state index contributed by atoms with van der Waals surface area (Å²) in [6.07, 6.45) is 1.61. The second kappa shape index (κ2) is 5.57. The van der Waals surface area contributed by atoms with E-state index in [0.717, 1.165) is 0 Å². The Balaban J connectivity index is 2.43. The summed E-state index contributed by atoms with van der Waals surface area (Å²) in [4.78, 5) is 34.9. The van der Waals surface area contributed by atoms with Crippen molar-refractivity contribution in [1.82, 2.24) is 0 Å². The smallest absolute Gasteiger partial charge is 0.303 e. The number of hydrogen-bond acceptors (Lipinski definition) is 5. The Labute approximate surface area is 128 Å². The summed E-state index contributed by atoms with van der Waals surface area (Å²) in [5.41, 5.74) is -1.28. The summed E-state index contributed by atoms with van der Waals surface area (Å²) in [6, 6.07) is 0. The largest absolute Gasteiger partial charge is 0.456 e. The van der Waals surface area contributed by atoms with Gasteiger partial charge in [-0.25, -0.2) is 4.39 Å². The molecular formula is C16H21FO5. The first-order chi connectivity index (χ1) is 10.1. The normalized spacial score (nSPS) is 41.8. The van der Waals surface area contributed by atoms with Crippen LogP contribution in [0.1, 0.15) is 40.5 Å². The number of rotatable bonds is 3. The minimum atomic E-state index is -1.98. The summed E-state index contributed by atoms with van der Waals surface area (Å²) in [5.74, 6) is -4.71. The van der Waals surface area contributed by atoms with Gasteiger partial charge in [0.25, 0.3) is 0 Å². The predicted molar refractivity (Wildman–Crippen MR) is 75.6 cm³/mol. The van der Waals surface area contributed by atoms with Crippen molar-refractivity contribution < 1.29 is 28.2 Å². The van der Waals surface area contributed by atoms with Crippen LogP contribution in [0.5, 0.6) is 0 Å². The van der Waals surface area contributed by atoms with Crippen molar-refractivity contribution in [2.24, 2.45) is 11.8 Å². The third-order valence-electron chi connectivity index (χ3n) is 4.78. The number of alkyl halides is 1. The Morgan fingerprint density at radius 3 is 2.64 bits per heavy atom. The fraction of sp³-hybridized carbons (Fsp3) is 0.688.